The maximum Gasteiger partial charge on any atom is 0.303 e. The minimum atomic E-state index is -1.75. The van der Waals surface area contributed by atoms with Gasteiger partial charge in [-0.2, -0.15) is 0 Å². The van der Waals surface area contributed by atoms with E-state index in [-0.39, 0.29) is 0 Å². The van der Waals surface area contributed by atoms with Crippen LogP contribution in [0.25, 0.3) is 0 Å². The second kappa shape index (κ2) is 20.4. The molecule has 0 unspecified atom stereocenters. The van der Waals surface area contributed by atoms with Crippen molar-refractivity contribution in [2.45, 2.75) is 122 Å². The Morgan fingerprint density at radius 1 is 0.608 bits per heavy atom. The zero-order chi connectivity index (χ0) is 39.2. The number of nitrogens with two attached hydrogens (primary N) is 2. The molecule has 1 saturated heterocycles. The molecule has 0 spiro atoms. The predicted octanol–water partition coefficient (Wildman–Crippen LogP) is -5.13. The SMILES string of the molecule is CC[C@H](C)[C@@H]1NC(=O)[C@H](C)NC(=O)[C@H](CCC(=O)O)NC(=O)[C@H](CCC(N)=O)NC(=O)[C@H]([C@@H](C)O)NC(=O)[C@H](C)NC(=O)[C@H](CC(N)=O)NC1=O. The van der Waals surface area contributed by atoms with E-state index in [1.807, 2.05) is 0 Å². The van der Waals surface area contributed by atoms with Gasteiger partial charge < -0.3 is 58.9 Å². The number of aliphatic hydroxyl groups is 1. The summed E-state index contributed by atoms with van der Waals surface area (Å²) in [5.74, 6) is -10.9. The molecule has 1 aliphatic rings. The van der Waals surface area contributed by atoms with Gasteiger partial charge in [0.15, 0.2) is 0 Å². The first-order valence-electron chi connectivity index (χ1n) is 16.3. The third kappa shape index (κ3) is 14.6. The zero-order valence-electron chi connectivity index (χ0n) is 29.1. The first-order chi connectivity index (χ1) is 23.7. The number of hydrogen-bond donors (Lipinski definition) is 11. The Hall–Kier alpha value is -5.34. The second-order valence-electron chi connectivity index (χ2n) is 12.4. The molecule has 1 heterocycles. The van der Waals surface area contributed by atoms with Gasteiger partial charge in [-0.05, 0) is 39.5 Å². The molecule has 0 saturated carbocycles. The number of carbonyl (C=O) groups is 10. The van der Waals surface area contributed by atoms with Crippen LogP contribution in [0.15, 0.2) is 0 Å². The van der Waals surface area contributed by atoms with Crippen molar-refractivity contribution in [3.8, 4) is 0 Å². The Morgan fingerprint density at radius 2 is 1.02 bits per heavy atom. The first-order valence-corrected chi connectivity index (χ1v) is 16.3. The van der Waals surface area contributed by atoms with Crippen molar-refractivity contribution in [1.29, 1.82) is 0 Å². The summed E-state index contributed by atoms with van der Waals surface area (Å²) in [6.07, 6.45) is -3.97. The van der Waals surface area contributed by atoms with Gasteiger partial charge in [0.2, 0.25) is 53.2 Å². The van der Waals surface area contributed by atoms with E-state index >= 15 is 0 Å². The molecular formula is C30H49N9O12. The number of carboxylic acids is 1. The number of aliphatic carboxylic acids is 1. The highest BCUT2D eigenvalue weighted by Gasteiger charge is 2.36. The molecular weight excluding hydrogens is 678 g/mol. The molecule has 0 bridgehead atoms. The van der Waals surface area contributed by atoms with E-state index in [2.05, 4.69) is 37.2 Å². The van der Waals surface area contributed by atoms with Crippen molar-refractivity contribution in [3.63, 3.8) is 0 Å². The summed E-state index contributed by atoms with van der Waals surface area (Å²) < 4.78 is 0. The normalized spacial score (nSPS) is 27.4. The van der Waals surface area contributed by atoms with Gasteiger partial charge in [-0.3, -0.25) is 47.9 Å². The van der Waals surface area contributed by atoms with Crippen LogP contribution in [0, 0.1) is 5.92 Å². The van der Waals surface area contributed by atoms with E-state index in [9.17, 15) is 58.2 Å². The largest absolute Gasteiger partial charge is 0.481 e. The number of nitrogens with one attached hydrogen (secondary N) is 7. The Morgan fingerprint density at radius 3 is 1.47 bits per heavy atom. The molecule has 0 aliphatic carbocycles. The molecule has 1 fully saturated rings. The standard InChI is InChI=1S/C30H49N9O12/c1-6-12(2)22-29(50)37-18(11-20(32)42)28(49)34-14(4)25(46)39-23(15(5)40)30(51)36-16(7-9-19(31)41)27(48)35-17(8-10-21(43)44)26(47)33-13(3)24(45)38-22/h12-18,22-23,40H,6-11H2,1-5H3,(H2,31,41)(H2,32,42)(H,33,47)(H,34,49)(H,35,48)(H,36,51)(H,37,50)(H,38,45)(H,39,46)(H,43,44)/t12-,13-,14-,15+,16-,17-,18-,22-,23-/m0/s1. The van der Waals surface area contributed by atoms with Crippen LogP contribution in [0.3, 0.4) is 0 Å². The summed E-state index contributed by atoms with van der Waals surface area (Å²) in [6.45, 7) is 6.87. The lowest BCUT2D eigenvalue weighted by molar-refractivity contribution is -0.139. The number of amides is 9. The van der Waals surface area contributed by atoms with E-state index in [0.717, 1.165) is 6.92 Å². The molecule has 21 nitrogen and oxygen atoms in total. The van der Waals surface area contributed by atoms with Gasteiger partial charge in [0, 0.05) is 12.8 Å². The summed E-state index contributed by atoms with van der Waals surface area (Å²) >= 11 is 0. The maximum atomic E-state index is 13.4. The van der Waals surface area contributed by atoms with Crippen LogP contribution in [0.5, 0.6) is 0 Å². The lowest BCUT2D eigenvalue weighted by Crippen LogP contribution is -2.61. The minimum absolute atomic E-state index is 0.334. The molecule has 0 radical (unpaired) electrons. The van der Waals surface area contributed by atoms with Crippen LogP contribution >= 0.6 is 0 Å². The monoisotopic (exact) mass is 727 g/mol. The second-order valence-corrected chi connectivity index (χ2v) is 12.4. The van der Waals surface area contributed by atoms with Crippen molar-refractivity contribution in [2.75, 3.05) is 0 Å². The fourth-order valence-electron chi connectivity index (χ4n) is 4.72. The van der Waals surface area contributed by atoms with Gasteiger partial charge in [-0.25, -0.2) is 0 Å². The van der Waals surface area contributed by atoms with Crippen molar-refractivity contribution < 1.29 is 58.2 Å². The Balaban J connectivity index is 3.72. The van der Waals surface area contributed by atoms with E-state index in [0.29, 0.717) is 6.42 Å². The number of rotatable bonds is 11. The smallest absolute Gasteiger partial charge is 0.303 e. The molecule has 9 amide bonds. The highest BCUT2D eigenvalue weighted by molar-refractivity contribution is 5.99. The van der Waals surface area contributed by atoms with Gasteiger partial charge in [0.05, 0.1) is 12.5 Å². The van der Waals surface area contributed by atoms with Gasteiger partial charge in [-0.1, -0.05) is 20.3 Å². The zero-order valence-corrected chi connectivity index (χ0v) is 29.1. The van der Waals surface area contributed by atoms with Crippen molar-refractivity contribution >= 4 is 59.1 Å². The molecule has 1 aliphatic heterocycles. The van der Waals surface area contributed by atoms with Crippen LogP contribution < -0.4 is 48.7 Å². The molecule has 0 aromatic carbocycles. The maximum absolute atomic E-state index is 13.4. The Bertz CT molecular complexity index is 1360. The summed E-state index contributed by atoms with van der Waals surface area (Å²) in [5, 5.41) is 35.8. The van der Waals surface area contributed by atoms with Crippen LogP contribution in [0.1, 0.15) is 73.1 Å². The third-order valence-corrected chi connectivity index (χ3v) is 7.99. The van der Waals surface area contributed by atoms with Crippen LogP contribution in [-0.2, 0) is 47.9 Å². The number of carbonyl (C=O) groups excluding carboxylic acids is 9. The number of hydrogen-bond acceptors (Lipinski definition) is 11. The molecule has 286 valence electrons. The van der Waals surface area contributed by atoms with Gasteiger partial charge in [0.25, 0.3) is 0 Å². The lowest BCUT2D eigenvalue weighted by atomic mass is 9.97. The van der Waals surface area contributed by atoms with Crippen LogP contribution in [-0.4, -0.2) is 118 Å². The van der Waals surface area contributed by atoms with Crippen molar-refractivity contribution in [3.05, 3.63) is 0 Å². The van der Waals surface area contributed by atoms with E-state index in [4.69, 9.17) is 11.5 Å². The topological polar surface area (TPSA) is 347 Å². The number of primary amides is 2. The summed E-state index contributed by atoms with van der Waals surface area (Å²) in [6, 6.07) is -10.7. The molecule has 51 heavy (non-hydrogen) atoms. The molecule has 0 aromatic rings. The fourth-order valence-corrected chi connectivity index (χ4v) is 4.72. The van der Waals surface area contributed by atoms with E-state index in [1.165, 1.54) is 13.8 Å². The third-order valence-electron chi connectivity index (χ3n) is 7.99. The first kappa shape index (κ1) is 43.7. The molecule has 0 aromatic heterocycles. The number of carboxylic acid groups (broad SMARTS) is 1. The van der Waals surface area contributed by atoms with Crippen LogP contribution in [0.2, 0.25) is 0 Å². The Labute approximate surface area is 293 Å². The summed E-state index contributed by atoms with van der Waals surface area (Å²) in [5.41, 5.74) is 10.5. The van der Waals surface area contributed by atoms with Crippen LogP contribution in [0.4, 0.5) is 0 Å². The predicted molar refractivity (Wildman–Crippen MR) is 175 cm³/mol. The van der Waals surface area contributed by atoms with E-state index in [1.54, 1.807) is 13.8 Å². The lowest BCUT2D eigenvalue weighted by Gasteiger charge is -2.28. The summed E-state index contributed by atoms with van der Waals surface area (Å²) in [4.78, 5) is 128. The Kier molecular flexibility index (Phi) is 17.4. The van der Waals surface area contributed by atoms with Gasteiger partial charge in [0.1, 0.15) is 42.3 Å². The average molecular weight is 728 g/mol. The average Bonchev–Trinajstić information content (AvgIpc) is 3.03. The fraction of sp³-hybridized carbons (Fsp3) is 0.667. The van der Waals surface area contributed by atoms with E-state index < -0.39 is 146 Å². The van der Waals surface area contributed by atoms with Gasteiger partial charge >= 0.3 is 5.97 Å². The van der Waals surface area contributed by atoms with Gasteiger partial charge in [-0.15, -0.1) is 0 Å². The molecule has 9 atom stereocenters. The highest BCUT2D eigenvalue weighted by Crippen LogP contribution is 2.11. The molecule has 1 rings (SSSR count). The minimum Gasteiger partial charge on any atom is -0.481 e. The molecule has 13 N–H and O–H groups in total. The summed E-state index contributed by atoms with van der Waals surface area (Å²) in [7, 11) is 0. The highest BCUT2D eigenvalue weighted by atomic mass is 16.4. The molecule has 21 heteroatoms. The van der Waals surface area contributed by atoms with Crippen molar-refractivity contribution in [1.82, 2.24) is 37.2 Å². The van der Waals surface area contributed by atoms with Crippen molar-refractivity contribution in [2.24, 2.45) is 17.4 Å². The number of aliphatic hydroxyl groups excluding tert-OH is 1. The quantitative estimate of drug-likeness (QED) is 0.0952.